The highest BCUT2D eigenvalue weighted by atomic mass is 35.5. The third-order valence-corrected chi connectivity index (χ3v) is 7.09. The van der Waals surface area contributed by atoms with Crippen LogP contribution in [0.1, 0.15) is 48.3 Å². The van der Waals surface area contributed by atoms with E-state index in [-0.39, 0.29) is 8.61 Å². The lowest BCUT2D eigenvalue weighted by Gasteiger charge is -2.24. The molecule has 1 aromatic heterocycles. The molecule has 3 N–H and O–H groups in total. The minimum atomic E-state index is -0.490. The summed E-state index contributed by atoms with van der Waals surface area (Å²) in [5.74, 6) is 0.790. The van der Waals surface area contributed by atoms with Gasteiger partial charge in [-0.2, -0.15) is 0 Å². The Balaban J connectivity index is 0.000000461. The van der Waals surface area contributed by atoms with Crippen LogP contribution in [0.3, 0.4) is 0 Å². The number of rotatable bonds is 3. The lowest BCUT2D eigenvalue weighted by molar-refractivity contribution is 0.592. The van der Waals surface area contributed by atoms with Gasteiger partial charge in [0.25, 0.3) is 0 Å². The third kappa shape index (κ3) is 4.26. The van der Waals surface area contributed by atoms with Crippen LogP contribution in [-0.2, 0) is 4.57 Å². The molecule has 1 aliphatic carbocycles. The maximum absolute atomic E-state index is 9.39. The lowest BCUT2D eigenvalue weighted by Crippen LogP contribution is -2.41. The van der Waals surface area contributed by atoms with E-state index in [0.717, 1.165) is 41.2 Å². The third-order valence-electron chi connectivity index (χ3n) is 5.20. The van der Waals surface area contributed by atoms with Crippen molar-refractivity contribution < 1.29 is 4.57 Å². The van der Waals surface area contributed by atoms with Crippen LogP contribution in [0.2, 0.25) is 5.02 Å². The van der Waals surface area contributed by atoms with E-state index in [4.69, 9.17) is 27.4 Å². The molecule has 2 aromatic rings. The maximum atomic E-state index is 9.39. The molecule has 1 fully saturated rings. The first-order valence-electron chi connectivity index (χ1n) is 9.71. The Bertz CT molecular complexity index is 1030. The maximum Gasteiger partial charge on any atom is 0.245 e. The molecule has 0 radical (unpaired) electrons. The number of thiophene rings is 1. The van der Waals surface area contributed by atoms with Gasteiger partial charge < -0.3 is 0 Å². The standard InChI is InChI=1S/C19H19ClN4S.C2H6NOP/c1-10-11(2)25-17-15(10)16(13-4-6-14(20)7-5-13)23-19(8-9-19)18(22)24(17)12(3)21;1-2-3-5-4/h4-7,21-22H,8-9H2,1-3H3;2H2,1H3,(H,3,4). The van der Waals surface area contributed by atoms with E-state index in [1.165, 1.54) is 10.4 Å². The van der Waals surface area contributed by atoms with Crippen LogP contribution >= 0.6 is 31.5 Å². The zero-order chi connectivity index (χ0) is 22.1. The Morgan fingerprint density at radius 2 is 1.97 bits per heavy atom. The molecule has 0 atom stereocenters. The van der Waals surface area contributed by atoms with E-state index >= 15 is 0 Å². The van der Waals surface area contributed by atoms with Gasteiger partial charge in [-0.3, -0.25) is 25.3 Å². The van der Waals surface area contributed by atoms with E-state index < -0.39 is 5.54 Å². The normalized spacial score (nSPS) is 16.5. The second kappa shape index (κ2) is 9.06. The van der Waals surface area contributed by atoms with Gasteiger partial charge in [0.2, 0.25) is 8.61 Å². The summed E-state index contributed by atoms with van der Waals surface area (Å²) in [5.41, 5.74) is 3.65. The minimum absolute atomic E-state index is 0.0297. The van der Waals surface area contributed by atoms with Crippen LogP contribution in [0.5, 0.6) is 0 Å². The summed E-state index contributed by atoms with van der Waals surface area (Å²) in [6.07, 6.45) is 1.72. The van der Waals surface area contributed by atoms with Gasteiger partial charge in [0.1, 0.15) is 22.2 Å². The van der Waals surface area contributed by atoms with Gasteiger partial charge in [-0.15, -0.1) is 11.3 Å². The summed E-state index contributed by atoms with van der Waals surface area (Å²) in [7, 11) is 0.0297. The van der Waals surface area contributed by atoms with Crippen LogP contribution in [0, 0.1) is 24.7 Å². The van der Waals surface area contributed by atoms with Gasteiger partial charge in [0.05, 0.1) is 5.71 Å². The number of nitrogens with one attached hydrogen (secondary N) is 3. The van der Waals surface area contributed by atoms with E-state index in [1.54, 1.807) is 23.2 Å². The fraction of sp³-hybridized carbons (Fsp3) is 0.381. The molecular weight excluding hydrogens is 437 g/mol. The SMILES string of the molecule is CC(=N)N1C(=N)C2(CC2)N=C(c2ccc(Cl)cc2)c2c1sc(C)c2C.CCNP=O. The van der Waals surface area contributed by atoms with Crippen molar-refractivity contribution in [3.8, 4) is 0 Å². The average molecular weight is 462 g/mol. The smallest absolute Gasteiger partial charge is 0.245 e. The highest BCUT2D eigenvalue weighted by Crippen LogP contribution is 2.49. The van der Waals surface area contributed by atoms with Crippen molar-refractivity contribution in [2.45, 2.75) is 46.1 Å². The summed E-state index contributed by atoms with van der Waals surface area (Å²) in [6.45, 7) is 8.59. The molecule has 9 heteroatoms. The van der Waals surface area contributed by atoms with Crippen molar-refractivity contribution in [1.29, 1.82) is 10.8 Å². The summed E-state index contributed by atoms with van der Waals surface area (Å²) in [6, 6.07) is 7.74. The summed E-state index contributed by atoms with van der Waals surface area (Å²) < 4.78 is 9.39. The van der Waals surface area contributed by atoms with E-state index in [2.05, 4.69) is 18.9 Å². The Hall–Kier alpha value is -1.92. The summed E-state index contributed by atoms with van der Waals surface area (Å²) >= 11 is 7.70. The first-order valence-corrected chi connectivity index (χ1v) is 11.7. The molecule has 6 nitrogen and oxygen atoms in total. The molecule has 0 saturated heterocycles. The molecular formula is C21H25ClN5OPS. The largest absolute Gasteiger partial charge is 0.288 e. The number of hydrogen-bond donors (Lipinski definition) is 3. The molecule has 4 rings (SSSR count). The Morgan fingerprint density at radius 1 is 1.33 bits per heavy atom. The van der Waals surface area contributed by atoms with E-state index in [9.17, 15) is 4.57 Å². The molecule has 2 aliphatic rings. The first-order chi connectivity index (χ1) is 14.3. The highest BCUT2D eigenvalue weighted by molar-refractivity contribution is 7.21. The Kier molecular flexibility index (Phi) is 6.88. The monoisotopic (exact) mass is 461 g/mol. The number of amidine groups is 2. The van der Waals surface area contributed by atoms with Crippen LogP contribution < -0.4 is 9.99 Å². The minimum Gasteiger partial charge on any atom is -0.288 e. The van der Waals surface area contributed by atoms with Crippen molar-refractivity contribution in [2.24, 2.45) is 4.99 Å². The van der Waals surface area contributed by atoms with Crippen LogP contribution in [0.4, 0.5) is 5.00 Å². The molecule has 158 valence electrons. The second-order valence-corrected chi connectivity index (χ2v) is 9.47. The molecule has 0 amide bonds. The number of fused-ring (bicyclic) bond motifs is 1. The average Bonchev–Trinajstić information content (AvgIpc) is 3.44. The summed E-state index contributed by atoms with van der Waals surface area (Å²) in [4.78, 5) is 8.03. The first kappa shape index (κ1) is 22.8. The van der Waals surface area contributed by atoms with E-state index in [1.807, 2.05) is 31.2 Å². The number of halogens is 1. The quantitative estimate of drug-likeness (QED) is 0.298. The van der Waals surface area contributed by atoms with Gasteiger partial charge in [-0.25, -0.2) is 5.09 Å². The number of anilines is 1. The molecule has 0 unspecified atom stereocenters. The molecule has 1 spiro atoms. The van der Waals surface area contributed by atoms with Crippen LogP contribution in [-0.4, -0.2) is 29.5 Å². The Labute approximate surface area is 187 Å². The van der Waals surface area contributed by atoms with Crippen molar-refractivity contribution >= 4 is 53.9 Å². The predicted molar refractivity (Wildman–Crippen MR) is 128 cm³/mol. The van der Waals surface area contributed by atoms with Crippen molar-refractivity contribution in [1.82, 2.24) is 5.09 Å². The van der Waals surface area contributed by atoms with Crippen molar-refractivity contribution in [2.75, 3.05) is 11.4 Å². The van der Waals surface area contributed by atoms with Gasteiger partial charge >= 0.3 is 0 Å². The zero-order valence-electron chi connectivity index (χ0n) is 17.5. The molecule has 1 aromatic carbocycles. The van der Waals surface area contributed by atoms with Gasteiger partial charge in [0, 0.05) is 27.6 Å². The fourth-order valence-electron chi connectivity index (χ4n) is 3.35. The number of benzene rings is 1. The zero-order valence-corrected chi connectivity index (χ0v) is 19.9. The predicted octanol–water partition coefficient (Wildman–Crippen LogP) is 5.99. The second-order valence-electron chi connectivity index (χ2n) is 7.33. The topological polar surface area (TPSA) is 92.4 Å². The van der Waals surface area contributed by atoms with E-state index in [0.29, 0.717) is 16.7 Å². The fourth-order valence-corrected chi connectivity index (χ4v) is 4.82. The molecule has 2 heterocycles. The van der Waals surface area contributed by atoms with Gasteiger partial charge in [-0.05, 0) is 51.3 Å². The van der Waals surface area contributed by atoms with Gasteiger partial charge in [-0.1, -0.05) is 30.7 Å². The van der Waals surface area contributed by atoms with Crippen molar-refractivity contribution in [3.05, 3.63) is 50.9 Å². The Morgan fingerprint density at radius 3 is 2.43 bits per heavy atom. The lowest BCUT2D eigenvalue weighted by atomic mass is 10.00. The number of aliphatic imine (C=N–C) groups is 1. The molecule has 1 saturated carbocycles. The molecule has 1 aliphatic heterocycles. The highest BCUT2D eigenvalue weighted by Gasteiger charge is 2.52. The molecule has 0 bridgehead atoms. The van der Waals surface area contributed by atoms with Crippen LogP contribution in [0.15, 0.2) is 29.3 Å². The van der Waals surface area contributed by atoms with Crippen LogP contribution in [0.25, 0.3) is 0 Å². The number of hydrogen-bond acceptors (Lipinski definition) is 5. The number of nitrogens with zero attached hydrogens (tertiary/aromatic N) is 2. The van der Waals surface area contributed by atoms with Gasteiger partial charge in [0.15, 0.2) is 0 Å². The number of aryl methyl sites for hydroxylation is 1. The molecule has 30 heavy (non-hydrogen) atoms. The van der Waals surface area contributed by atoms with Crippen molar-refractivity contribution in [3.63, 3.8) is 0 Å². The summed E-state index contributed by atoms with van der Waals surface area (Å²) in [5, 5.41) is 21.2.